The molecule has 0 saturated carbocycles. The van der Waals surface area contributed by atoms with Crippen LogP contribution in [0.25, 0.3) is 26.8 Å². The van der Waals surface area contributed by atoms with Gasteiger partial charge >= 0.3 is 0 Å². The van der Waals surface area contributed by atoms with Crippen molar-refractivity contribution in [1.29, 1.82) is 0 Å². The van der Waals surface area contributed by atoms with Gasteiger partial charge in [-0.15, -0.1) is 10.2 Å². The van der Waals surface area contributed by atoms with Gasteiger partial charge < -0.3 is 9.32 Å². The molecule has 0 aliphatic carbocycles. The first-order valence-electron chi connectivity index (χ1n) is 8.63. The Morgan fingerprint density at radius 1 is 1.16 bits per heavy atom. The fourth-order valence-corrected chi connectivity index (χ4v) is 4.19. The van der Waals surface area contributed by atoms with Gasteiger partial charge in [-0.25, -0.2) is 4.98 Å². The van der Waals surface area contributed by atoms with Crippen LogP contribution in [-0.2, 0) is 6.42 Å². The Morgan fingerprint density at radius 3 is 2.76 bits per heavy atom. The van der Waals surface area contributed by atoms with Gasteiger partial charge in [-0.2, -0.15) is 0 Å². The predicted molar refractivity (Wildman–Crippen MR) is 100 cm³/mol. The fourth-order valence-electron chi connectivity index (χ4n) is 3.12. The Labute approximate surface area is 150 Å². The maximum absolute atomic E-state index is 5.97. The predicted octanol–water partition coefficient (Wildman–Crippen LogP) is 3.79. The molecule has 6 nitrogen and oxygen atoms in total. The third-order valence-corrected chi connectivity index (χ3v) is 5.56. The summed E-state index contributed by atoms with van der Waals surface area (Å²) in [7, 11) is 0. The van der Waals surface area contributed by atoms with E-state index < -0.39 is 0 Å². The largest absolute Gasteiger partial charge is 0.419 e. The van der Waals surface area contributed by atoms with E-state index in [-0.39, 0.29) is 0 Å². The van der Waals surface area contributed by atoms with Crippen molar-refractivity contribution in [1.82, 2.24) is 24.5 Å². The molecular formula is C18H21N5OS. The first-order chi connectivity index (χ1) is 12.2. The van der Waals surface area contributed by atoms with Crippen LogP contribution in [0.3, 0.4) is 0 Å². The molecule has 7 heteroatoms. The van der Waals surface area contributed by atoms with E-state index in [9.17, 15) is 0 Å². The summed E-state index contributed by atoms with van der Waals surface area (Å²) in [6, 6.07) is 8.29. The van der Waals surface area contributed by atoms with Crippen molar-refractivity contribution in [3.8, 4) is 11.6 Å². The summed E-state index contributed by atoms with van der Waals surface area (Å²) in [6.45, 7) is 9.30. The second kappa shape index (κ2) is 6.57. The van der Waals surface area contributed by atoms with E-state index in [0.717, 1.165) is 47.9 Å². The molecule has 3 aromatic heterocycles. The van der Waals surface area contributed by atoms with Gasteiger partial charge in [0.25, 0.3) is 5.89 Å². The maximum atomic E-state index is 5.97. The number of imidazole rings is 1. The Hall–Kier alpha value is -2.25. The summed E-state index contributed by atoms with van der Waals surface area (Å²) in [5.41, 5.74) is 2.94. The normalized spacial score (nSPS) is 12.0. The second-order valence-corrected chi connectivity index (χ2v) is 7.02. The molecule has 25 heavy (non-hydrogen) atoms. The van der Waals surface area contributed by atoms with Gasteiger partial charge in [-0.3, -0.25) is 4.40 Å². The van der Waals surface area contributed by atoms with Crippen molar-refractivity contribution in [3.63, 3.8) is 0 Å². The molecule has 3 heterocycles. The Kier molecular flexibility index (Phi) is 4.27. The van der Waals surface area contributed by atoms with Gasteiger partial charge in [-0.1, -0.05) is 37.3 Å². The van der Waals surface area contributed by atoms with E-state index >= 15 is 0 Å². The van der Waals surface area contributed by atoms with E-state index in [2.05, 4.69) is 50.5 Å². The zero-order valence-corrected chi connectivity index (χ0v) is 15.5. The molecule has 1 aromatic carbocycles. The number of hydrogen-bond acceptors (Lipinski definition) is 6. The SMILES string of the molecule is CCN(CC)CCc1nnc(-c2c(C)nc3sc4ccccc4n23)o1. The van der Waals surface area contributed by atoms with Crippen LogP contribution < -0.4 is 0 Å². The van der Waals surface area contributed by atoms with E-state index in [1.165, 1.54) is 4.70 Å². The number of aryl methyl sites for hydroxylation is 1. The smallest absolute Gasteiger partial charge is 0.266 e. The van der Waals surface area contributed by atoms with Crippen molar-refractivity contribution < 1.29 is 4.42 Å². The zero-order valence-electron chi connectivity index (χ0n) is 14.7. The molecule has 0 radical (unpaired) electrons. The highest BCUT2D eigenvalue weighted by Crippen LogP contribution is 2.33. The highest BCUT2D eigenvalue weighted by atomic mass is 32.1. The van der Waals surface area contributed by atoms with E-state index in [4.69, 9.17) is 4.42 Å². The number of likely N-dealkylation sites (N-methyl/N-ethyl adjacent to an activating group) is 1. The van der Waals surface area contributed by atoms with Gasteiger partial charge in [0.1, 0.15) is 5.69 Å². The number of nitrogens with zero attached hydrogens (tertiary/aromatic N) is 5. The molecule has 0 unspecified atom stereocenters. The molecule has 0 aliphatic rings. The Morgan fingerprint density at radius 2 is 1.96 bits per heavy atom. The van der Waals surface area contributed by atoms with Crippen molar-refractivity contribution in [2.45, 2.75) is 27.2 Å². The molecule has 0 atom stereocenters. The van der Waals surface area contributed by atoms with E-state index in [0.29, 0.717) is 11.8 Å². The molecule has 0 bridgehead atoms. The van der Waals surface area contributed by atoms with Crippen LogP contribution >= 0.6 is 11.3 Å². The van der Waals surface area contributed by atoms with Crippen LogP contribution in [0.1, 0.15) is 25.4 Å². The number of hydrogen-bond donors (Lipinski definition) is 0. The highest BCUT2D eigenvalue weighted by Gasteiger charge is 2.20. The highest BCUT2D eigenvalue weighted by molar-refractivity contribution is 7.23. The lowest BCUT2D eigenvalue weighted by molar-refractivity contribution is 0.297. The molecular weight excluding hydrogens is 334 g/mol. The first kappa shape index (κ1) is 16.2. The van der Waals surface area contributed by atoms with E-state index in [1.54, 1.807) is 11.3 Å². The number of rotatable bonds is 6. The molecule has 0 saturated heterocycles. The molecule has 0 spiro atoms. The van der Waals surface area contributed by atoms with Gasteiger partial charge in [0.05, 0.1) is 15.9 Å². The quantitative estimate of drug-likeness (QED) is 0.527. The number of aromatic nitrogens is 4. The average molecular weight is 355 g/mol. The molecule has 130 valence electrons. The Bertz CT molecular complexity index is 1010. The number of thiazole rings is 1. The fraction of sp³-hybridized carbons (Fsp3) is 0.389. The summed E-state index contributed by atoms with van der Waals surface area (Å²) in [5.74, 6) is 1.22. The van der Waals surface area contributed by atoms with Crippen LogP contribution in [0.5, 0.6) is 0 Å². The minimum Gasteiger partial charge on any atom is -0.419 e. The van der Waals surface area contributed by atoms with Crippen LogP contribution in [0, 0.1) is 6.92 Å². The van der Waals surface area contributed by atoms with Crippen LogP contribution in [0.4, 0.5) is 0 Å². The van der Waals surface area contributed by atoms with Gasteiger partial charge in [0.15, 0.2) is 4.96 Å². The summed E-state index contributed by atoms with van der Waals surface area (Å²) in [6.07, 6.45) is 0.764. The first-order valence-corrected chi connectivity index (χ1v) is 9.44. The number of para-hydroxylation sites is 1. The van der Waals surface area contributed by atoms with Crippen LogP contribution in [0.15, 0.2) is 28.7 Å². The van der Waals surface area contributed by atoms with Crippen LogP contribution in [0.2, 0.25) is 0 Å². The average Bonchev–Trinajstić information content (AvgIpc) is 3.29. The molecule has 4 rings (SSSR count). The zero-order chi connectivity index (χ0) is 17.4. The van der Waals surface area contributed by atoms with E-state index in [1.807, 2.05) is 19.1 Å². The van der Waals surface area contributed by atoms with Gasteiger partial charge in [0.2, 0.25) is 5.89 Å². The second-order valence-electron chi connectivity index (χ2n) is 6.01. The van der Waals surface area contributed by atoms with Crippen molar-refractivity contribution in [2.75, 3.05) is 19.6 Å². The summed E-state index contributed by atoms with van der Waals surface area (Å²) >= 11 is 1.67. The summed E-state index contributed by atoms with van der Waals surface area (Å²) < 4.78 is 9.29. The van der Waals surface area contributed by atoms with Crippen molar-refractivity contribution >= 4 is 26.5 Å². The number of benzene rings is 1. The topological polar surface area (TPSA) is 59.5 Å². The van der Waals surface area contributed by atoms with Crippen molar-refractivity contribution in [3.05, 3.63) is 35.9 Å². The van der Waals surface area contributed by atoms with Crippen LogP contribution in [-0.4, -0.2) is 44.1 Å². The summed E-state index contributed by atoms with van der Waals surface area (Å²) in [4.78, 5) is 7.98. The molecule has 4 aromatic rings. The van der Waals surface area contributed by atoms with Gasteiger partial charge in [0, 0.05) is 13.0 Å². The summed E-state index contributed by atoms with van der Waals surface area (Å²) in [5, 5.41) is 8.54. The lowest BCUT2D eigenvalue weighted by Crippen LogP contribution is -2.25. The lowest BCUT2D eigenvalue weighted by atomic mass is 10.3. The molecule has 0 amide bonds. The minimum atomic E-state index is 0.545. The standard InChI is InChI=1S/C18H21N5OS/c1-4-22(5-2)11-10-15-20-21-17(24-15)16-12(3)19-18-23(16)13-8-6-7-9-14(13)25-18/h6-9H,4-5,10-11H2,1-3H3. The van der Waals surface area contributed by atoms with Gasteiger partial charge in [-0.05, 0) is 32.1 Å². The third-order valence-electron chi connectivity index (χ3n) is 4.53. The molecule has 0 aliphatic heterocycles. The maximum Gasteiger partial charge on any atom is 0.266 e. The molecule has 0 N–H and O–H groups in total. The van der Waals surface area contributed by atoms with Crippen molar-refractivity contribution in [2.24, 2.45) is 0 Å². The number of fused-ring (bicyclic) bond motifs is 3. The monoisotopic (exact) mass is 355 g/mol. The Balaban J connectivity index is 1.71. The third kappa shape index (κ3) is 2.83. The minimum absolute atomic E-state index is 0.545. The molecule has 0 fully saturated rings. The lowest BCUT2D eigenvalue weighted by Gasteiger charge is -2.16.